The van der Waals surface area contributed by atoms with Crippen molar-refractivity contribution in [2.24, 2.45) is 5.92 Å². The molecule has 0 aromatic rings. The second-order valence-corrected chi connectivity index (χ2v) is 4.52. The van der Waals surface area contributed by atoms with Crippen molar-refractivity contribution in [2.45, 2.75) is 38.3 Å². The molecule has 2 amide bonds. The Morgan fingerprint density at radius 1 is 1.47 bits per heavy atom. The van der Waals surface area contributed by atoms with E-state index in [9.17, 15) is 9.59 Å². The van der Waals surface area contributed by atoms with Crippen LogP contribution in [-0.4, -0.2) is 42.9 Å². The second kappa shape index (κ2) is 6.44. The molecule has 1 aliphatic carbocycles. The van der Waals surface area contributed by atoms with Gasteiger partial charge >= 0.3 is 12.0 Å². The molecule has 3 N–H and O–H groups in total. The number of nitrogens with one attached hydrogen (secondary N) is 2. The van der Waals surface area contributed by atoms with Gasteiger partial charge in [0, 0.05) is 13.2 Å². The molecule has 3 atom stereocenters. The number of hydrogen-bond donors (Lipinski definition) is 3. The number of amides is 2. The van der Waals surface area contributed by atoms with Crippen LogP contribution in [0.5, 0.6) is 0 Å². The van der Waals surface area contributed by atoms with E-state index in [1.807, 2.05) is 6.92 Å². The van der Waals surface area contributed by atoms with E-state index in [4.69, 9.17) is 9.84 Å². The lowest BCUT2D eigenvalue weighted by Gasteiger charge is -2.17. The van der Waals surface area contributed by atoms with Crippen molar-refractivity contribution in [3.05, 3.63) is 0 Å². The SMILES string of the molecule is COCC(C)NC(=O)N[C@H]1CC[C@@H](C(=O)O)C1. The van der Waals surface area contributed by atoms with Gasteiger partial charge in [0.25, 0.3) is 0 Å². The number of carbonyl (C=O) groups is 2. The van der Waals surface area contributed by atoms with Crippen LogP contribution in [-0.2, 0) is 9.53 Å². The molecule has 0 aromatic carbocycles. The summed E-state index contributed by atoms with van der Waals surface area (Å²) in [5.41, 5.74) is 0. The van der Waals surface area contributed by atoms with Gasteiger partial charge in [0.1, 0.15) is 0 Å². The van der Waals surface area contributed by atoms with Crippen molar-refractivity contribution in [1.82, 2.24) is 10.6 Å². The van der Waals surface area contributed by atoms with E-state index < -0.39 is 5.97 Å². The lowest BCUT2D eigenvalue weighted by Crippen LogP contribution is -2.46. The summed E-state index contributed by atoms with van der Waals surface area (Å²) in [5.74, 6) is -1.10. The van der Waals surface area contributed by atoms with Crippen molar-refractivity contribution in [3.8, 4) is 0 Å². The summed E-state index contributed by atoms with van der Waals surface area (Å²) in [6.45, 7) is 2.30. The van der Waals surface area contributed by atoms with Crippen molar-refractivity contribution >= 4 is 12.0 Å². The molecule has 0 saturated heterocycles. The van der Waals surface area contributed by atoms with Gasteiger partial charge in [-0.15, -0.1) is 0 Å². The predicted octanol–water partition coefficient (Wildman–Crippen LogP) is 0.574. The molecule has 6 nitrogen and oxygen atoms in total. The fraction of sp³-hybridized carbons (Fsp3) is 0.818. The van der Waals surface area contributed by atoms with E-state index in [1.165, 1.54) is 0 Å². The summed E-state index contributed by atoms with van der Waals surface area (Å²) in [5, 5.41) is 14.3. The fourth-order valence-corrected chi connectivity index (χ4v) is 2.08. The fourth-order valence-electron chi connectivity index (χ4n) is 2.08. The van der Waals surface area contributed by atoms with Crippen LogP contribution in [0.2, 0.25) is 0 Å². The minimum Gasteiger partial charge on any atom is -0.481 e. The number of ether oxygens (including phenoxy) is 1. The number of carboxylic acids is 1. The van der Waals surface area contributed by atoms with Gasteiger partial charge in [-0.1, -0.05) is 0 Å². The highest BCUT2D eigenvalue weighted by atomic mass is 16.5. The quantitative estimate of drug-likeness (QED) is 0.660. The number of rotatable bonds is 5. The molecule has 1 unspecified atom stereocenters. The summed E-state index contributed by atoms with van der Waals surface area (Å²) in [4.78, 5) is 22.3. The zero-order valence-corrected chi connectivity index (χ0v) is 10.2. The molecule has 1 saturated carbocycles. The molecule has 0 aromatic heterocycles. The second-order valence-electron chi connectivity index (χ2n) is 4.52. The number of hydrogen-bond acceptors (Lipinski definition) is 3. The largest absolute Gasteiger partial charge is 0.481 e. The van der Waals surface area contributed by atoms with Gasteiger partial charge in [0.2, 0.25) is 0 Å². The number of aliphatic carboxylic acids is 1. The van der Waals surface area contributed by atoms with E-state index in [0.29, 0.717) is 19.4 Å². The van der Waals surface area contributed by atoms with Crippen molar-refractivity contribution in [2.75, 3.05) is 13.7 Å². The molecule has 0 spiro atoms. The predicted molar refractivity (Wildman–Crippen MR) is 61.8 cm³/mol. The third kappa shape index (κ3) is 4.60. The van der Waals surface area contributed by atoms with Gasteiger partial charge in [-0.05, 0) is 26.2 Å². The third-order valence-corrected chi connectivity index (χ3v) is 2.91. The smallest absolute Gasteiger partial charge is 0.315 e. The summed E-state index contributed by atoms with van der Waals surface area (Å²) in [6, 6.07) is -0.354. The number of methoxy groups -OCH3 is 1. The van der Waals surface area contributed by atoms with Gasteiger partial charge in [-0.3, -0.25) is 4.79 Å². The molecule has 1 aliphatic rings. The van der Waals surface area contributed by atoms with Gasteiger partial charge in [0.15, 0.2) is 0 Å². The molecule has 6 heteroatoms. The van der Waals surface area contributed by atoms with Crippen LogP contribution in [0.25, 0.3) is 0 Å². The number of urea groups is 1. The molecule has 17 heavy (non-hydrogen) atoms. The van der Waals surface area contributed by atoms with Crippen LogP contribution in [0.1, 0.15) is 26.2 Å². The average Bonchev–Trinajstić information content (AvgIpc) is 2.66. The van der Waals surface area contributed by atoms with Crippen LogP contribution in [0.15, 0.2) is 0 Å². The van der Waals surface area contributed by atoms with Gasteiger partial charge in [-0.2, -0.15) is 0 Å². The zero-order valence-electron chi connectivity index (χ0n) is 10.2. The number of carboxylic acid groups (broad SMARTS) is 1. The van der Waals surface area contributed by atoms with Crippen LogP contribution < -0.4 is 10.6 Å². The first kappa shape index (κ1) is 13.8. The Bertz CT molecular complexity index is 283. The Morgan fingerprint density at radius 2 is 2.18 bits per heavy atom. The minimum absolute atomic E-state index is 0.0363. The summed E-state index contributed by atoms with van der Waals surface area (Å²) in [6.07, 6.45) is 1.87. The van der Waals surface area contributed by atoms with E-state index >= 15 is 0 Å². The zero-order chi connectivity index (χ0) is 12.8. The van der Waals surface area contributed by atoms with Gasteiger partial charge in [0.05, 0.1) is 18.6 Å². The van der Waals surface area contributed by atoms with Crippen LogP contribution in [0.3, 0.4) is 0 Å². The highest BCUT2D eigenvalue weighted by Crippen LogP contribution is 2.25. The van der Waals surface area contributed by atoms with E-state index in [0.717, 1.165) is 6.42 Å². The van der Waals surface area contributed by atoms with E-state index in [1.54, 1.807) is 7.11 Å². The Balaban J connectivity index is 2.26. The van der Waals surface area contributed by atoms with Crippen LogP contribution >= 0.6 is 0 Å². The molecule has 0 radical (unpaired) electrons. The summed E-state index contributed by atoms with van der Waals surface area (Å²) in [7, 11) is 1.57. The standard InChI is InChI=1S/C11H20N2O4/c1-7(6-17-2)12-11(16)13-9-4-3-8(5-9)10(14)15/h7-9H,3-6H2,1-2H3,(H,14,15)(H2,12,13,16)/t7?,8-,9+/m1/s1. The first-order chi connectivity index (χ1) is 8.02. The lowest BCUT2D eigenvalue weighted by molar-refractivity contribution is -0.141. The first-order valence-electron chi connectivity index (χ1n) is 5.81. The lowest BCUT2D eigenvalue weighted by atomic mass is 10.1. The average molecular weight is 244 g/mol. The van der Waals surface area contributed by atoms with Gasteiger partial charge in [-0.25, -0.2) is 4.79 Å². The van der Waals surface area contributed by atoms with Crippen molar-refractivity contribution in [3.63, 3.8) is 0 Å². The molecule has 0 aliphatic heterocycles. The maximum atomic E-state index is 11.5. The normalized spacial score (nSPS) is 25.3. The molecule has 1 rings (SSSR count). The first-order valence-corrected chi connectivity index (χ1v) is 5.81. The third-order valence-electron chi connectivity index (χ3n) is 2.91. The van der Waals surface area contributed by atoms with E-state index in [2.05, 4.69) is 10.6 Å². The van der Waals surface area contributed by atoms with Gasteiger partial charge < -0.3 is 20.5 Å². The molecule has 1 fully saturated rings. The topological polar surface area (TPSA) is 87.7 Å². The number of carbonyl (C=O) groups excluding carboxylic acids is 1. The van der Waals surface area contributed by atoms with Crippen molar-refractivity contribution < 1.29 is 19.4 Å². The Hall–Kier alpha value is -1.30. The molecular formula is C11H20N2O4. The highest BCUT2D eigenvalue weighted by Gasteiger charge is 2.30. The summed E-state index contributed by atoms with van der Waals surface area (Å²) < 4.78 is 4.90. The molecule has 0 bridgehead atoms. The molecule has 0 heterocycles. The summed E-state index contributed by atoms with van der Waals surface area (Å²) >= 11 is 0. The van der Waals surface area contributed by atoms with Crippen molar-refractivity contribution in [1.29, 1.82) is 0 Å². The van der Waals surface area contributed by atoms with E-state index in [-0.39, 0.29) is 24.0 Å². The monoisotopic (exact) mass is 244 g/mol. The minimum atomic E-state index is -0.776. The maximum Gasteiger partial charge on any atom is 0.315 e. The Kier molecular flexibility index (Phi) is 5.21. The molecular weight excluding hydrogens is 224 g/mol. The Morgan fingerprint density at radius 3 is 2.71 bits per heavy atom. The molecule has 98 valence electrons. The highest BCUT2D eigenvalue weighted by molar-refractivity contribution is 5.75. The van der Waals surface area contributed by atoms with Crippen LogP contribution in [0, 0.1) is 5.92 Å². The Labute approximate surface area is 101 Å². The van der Waals surface area contributed by atoms with Crippen LogP contribution in [0.4, 0.5) is 4.79 Å². The maximum absolute atomic E-state index is 11.5.